The summed E-state index contributed by atoms with van der Waals surface area (Å²) in [6.07, 6.45) is 3.37. The van der Waals surface area contributed by atoms with E-state index in [1.165, 1.54) is 11.9 Å². The molecule has 1 aliphatic rings. The summed E-state index contributed by atoms with van der Waals surface area (Å²) in [6, 6.07) is 15.8. The molecule has 1 amide bonds. The van der Waals surface area contributed by atoms with Crippen LogP contribution < -0.4 is 16.0 Å². The maximum absolute atomic E-state index is 12.4. The van der Waals surface area contributed by atoms with Gasteiger partial charge in [-0.1, -0.05) is 36.4 Å². The summed E-state index contributed by atoms with van der Waals surface area (Å²) in [6.45, 7) is 3.08. The maximum Gasteiger partial charge on any atom is 0.237 e. The first-order chi connectivity index (χ1) is 14.2. The summed E-state index contributed by atoms with van der Waals surface area (Å²) in [7, 11) is 0. The van der Waals surface area contributed by atoms with Crippen LogP contribution in [-0.4, -0.2) is 33.4 Å². The Bertz CT molecular complexity index is 1010. The molecule has 1 aliphatic heterocycles. The smallest absolute Gasteiger partial charge is 0.237 e. The van der Waals surface area contributed by atoms with Crippen LogP contribution in [0.15, 0.2) is 54.9 Å². The van der Waals surface area contributed by atoms with Crippen molar-refractivity contribution >= 4 is 17.5 Å². The molecule has 7 heteroatoms. The predicted molar refractivity (Wildman–Crippen MR) is 113 cm³/mol. The largest absolute Gasteiger partial charge is 0.351 e. The minimum atomic E-state index is -0.250. The second-order valence-corrected chi connectivity index (χ2v) is 7.11. The van der Waals surface area contributed by atoms with E-state index in [1.54, 1.807) is 0 Å². The number of hydrogen-bond acceptors (Lipinski definition) is 6. The van der Waals surface area contributed by atoms with Gasteiger partial charge in [-0.3, -0.25) is 4.79 Å². The average molecular weight is 388 g/mol. The molecular formula is C22H24N6O. The highest BCUT2D eigenvalue weighted by Gasteiger charge is 2.13. The summed E-state index contributed by atoms with van der Waals surface area (Å²) in [5.74, 6) is 1.08. The van der Waals surface area contributed by atoms with Gasteiger partial charge >= 0.3 is 0 Å². The Balaban J connectivity index is 1.69. The molecule has 0 saturated heterocycles. The first-order valence-electron chi connectivity index (χ1n) is 9.83. The fraction of sp³-hybridized carbons (Fsp3) is 0.273. The number of anilines is 2. The number of aromatic nitrogens is 3. The summed E-state index contributed by atoms with van der Waals surface area (Å²) < 4.78 is 0. The number of para-hydroxylation sites is 1. The molecule has 0 fully saturated rings. The third kappa shape index (κ3) is 4.75. The van der Waals surface area contributed by atoms with Crippen molar-refractivity contribution in [1.82, 2.24) is 25.6 Å². The molecule has 1 atom stereocenters. The van der Waals surface area contributed by atoms with Crippen LogP contribution in [0.1, 0.15) is 24.5 Å². The number of nitrogens with zero attached hydrogens (tertiary/aromatic N) is 3. The number of hydrogen-bond donors (Lipinski definition) is 3. The van der Waals surface area contributed by atoms with E-state index in [9.17, 15) is 4.79 Å². The highest BCUT2D eigenvalue weighted by molar-refractivity contribution is 5.81. The lowest BCUT2D eigenvalue weighted by atomic mass is 10.1. The van der Waals surface area contributed by atoms with Gasteiger partial charge < -0.3 is 16.0 Å². The van der Waals surface area contributed by atoms with Crippen LogP contribution in [0, 0.1) is 0 Å². The van der Waals surface area contributed by atoms with E-state index in [4.69, 9.17) is 0 Å². The molecule has 0 saturated carbocycles. The van der Waals surface area contributed by atoms with Crippen molar-refractivity contribution in [3.8, 4) is 11.4 Å². The van der Waals surface area contributed by atoms with Gasteiger partial charge in [-0.25, -0.2) is 9.97 Å². The van der Waals surface area contributed by atoms with Crippen molar-refractivity contribution in [3.63, 3.8) is 0 Å². The highest BCUT2D eigenvalue weighted by atomic mass is 16.2. The monoisotopic (exact) mass is 388 g/mol. The van der Waals surface area contributed by atoms with E-state index in [-0.39, 0.29) is 11.9 Å². The molecule has 29 heavy (non-hydrogen) atoms. The first-order valence-corrected chi connectivity index (χ1v) is 9.83. The van der Waals surface area contributed by atoms with Crippen molar-refractivity contribution in [2.45, 2.75) is 32.4 Å². The van der Waals surface area contributed by atoms with Crippen LogP contribution in [0.4, 0.5) is 11.6 Å². The molecule has 0 radical (unpaired) electrons. The summed E-state index contributed by atoms with van der Waals surface area (Å²) in [5, 5.41) is 9.56. The molecule has 3 aromatic rings. The van der Waals surface area contributed by atoms with Gasteiger partial charge in [0.15, 0.2) is 5.82 Å². The zero-order valence-corrected chi connectivity index (χ0v) is 16.4. The van der Waals surface area contributed by atoms with Gasteiger partial charge in [-0.15, -0.1) is 0 Å². The Kier molecular flexibility index (Phi) is 5.76. The van der Waals surface area contributed by atoms with E-state index >= 15 is 0 Å². The summed E-state index contributed by atoms with van der Waals surface area (Å²) in [4.78, 5) is 25.6. The fourth-order valence-corrected chi connectivity index (χ4v) is 3.32. The molecule has 7 nitrogen and oxygen atoms in total. The first kappa shape index (κ1) is 19.0. The molecule has 0 unspecified atom stereocenters. The maximum atomic E-state index is 12.4. The Hall–Kier alpha value is -3.32. The number of aryl methyl sites for hydroxylation is 1. The summed E-state index contributed by atoms with van der Waals surface area (Å²) >= 11 is 0. The number of benzene rings is 2. The molecule has 2 heterocycles. The van der Waals surface area contributed by atoms with Gasteiger partial charge in [0, 0.05) is 17.8 Å². The Morgan fingerprint density at radius 2 is 1.97 bits per heavy atom. The van der Waals surface area contributed by atoms with Gasteiger partial charge in [-0.05, 0) is 49.6 Å². The second kappa shape index (κ2) is 8.79. The molecule has 0 aliphatic carbocycles. The zero-order chi connectivity index (χ0) is 20.1. The van der Waals surface area contributed by atoms with Gasteiger partial charge in [0.25, 0.3) is 0 Å². The quantitative estimate of drug-likeness (QED) is 0.549. The Morgan fingerprint density at radius 1 is 1.07 bits per heavy atom. The SMILES string of the molecule is C[C@H]1NCCCc2cccc(c2)-c2ncnc(n2)Nc2ccccc2CNC1=O. The predicted octanol–water partition coefficient (Wildman–Crippen LogP) is 2.82. The average Bonchev–Trinajstić information content (AvgIpc) is 2.75. The molecule has 1 aromatic heterocycles. The number of carbonyl (C=O) groups excluding carboxylic acids is 1. The van der Waals surface area contributed by atoms with Crippen molar-refractivity contribution in [3.05, 3.63) is 66.0 Å². The lowest BCUT2D eigenvalue weighted by Crippen LogP contribution is -2.42. The lowest BCUT2D eigenvalue weighted by molar-refractivity contribution is -0.122. The second-order valence-electron chi connectivity index (χ2n) is 7.11. The van der Waals surface area contributed by atoms with E-state index in [0.717, 1.165) is 36.2 Å². The van der Waals surface area contributed by atoms with E-state index in [1.807, 2.05) is 43.3 Å². The van der Waals surface area contributed by atoms with Crippen molar-refractivity contribution < 1.29 is 4.79 Å². The van der Waals surface area contributed by atoms with Crippen molar-refractivity contribution in [2.24, 2.45) is 0 Å². The Labute approximate surface area is 170 Å². The van der Waals surface area contributed by atoms with Crippen LogP contribution in [0.5, 0.6) is 0 Å². The lowest BCUT2D eigenvalue weighted by Gasteiger charge is -2.15. The normalized spacial score (nSPS) is 17.4. The number of nitrogens with one attached hydrogen (secondary N) is 3. The molecule has 0 spiro atoms. The fourth-order valence-electron chi connectivity index (χ4n) is 3.32. The third-order valence-corrected chi connectivity index (χ3v) is 4.96. The van der Waals surface area contributed by atoms with Crippen molar-refractivity contribution in [2.75, 3.05) is 11.9 Å². The van der Waals surface area contributed by atoms with E-state index in [0.29, 0.717) is 18.3 Å². The standard InChI is InChI=1S/C22H24N6O/c1-15-21(29)24-13-18-8-2-3-10-19(18)27-22-26-14-25-20(28-22)17-9-4-6-16(12-17)7-5-11-23-15/h2-4,6,8-10,12,14-15,23H,5,7,11,13H2,1H3,(H,24,29)(H,25,26,27,28)/t15-/m1/s1. The number of amides is 1. The van der Waals surface area contributed by atoms with Crippen LogP contribution in [-0.2, 0) is 17.8 Å². The van der Waals surface area contributed by atoms with Crippen LogP contribution in [0.2, 0.25) is 0 Å². The van der Waals surface area contributed by atoms with Gasteiger partial charge in [0.2, 0.25) is 11.9 Å². The molecule has 2 aromatic carbocycles. The molecule has 4 bridgehead atoms. The van der Waals surface area contributed by atoms with E-state index < -0.39 is 0 Å². The van der Waals surface area contributed by atoms with E-state index in [2.05, 4.69) is 43.0 Å². The van der Waals surface area contributed by atoms with Crippen LogP contribution in [0.3, 0.4) is 0 Å². The van der Waals surface area contributed by atoms with Crippen LogP contribution >= 0.6 is 0 Å². The minimum Gasteiger partial charge on any atom is -0.351 e. The van der Waals surface area contributed by atoms with Gasteiger partial charge in [0.1, 0.15) is 6.33 Å². The zero-order valence-electron chi connectivity index (χ0n) is 16.4. The van der Waals surface area contributed by atoms with Gasteiger partial charge in [-0.2, -0.15) is 4.98 Å². The topological polar surface area (TPSA) is 91.8 Å². The molecule has 4 rings (SSSR count). The highest BCUT2D eigenvalue weighted by Crippen LogP contribution is 2.21. The number of carbonyl (C=O) groups is 1. The number of rotatable bonds is 0. The molecule has 3 N–H and O–H groups in total. The van der Waals surface area contributed by atoms with Crippen molar-refractivity contribution in [1.29, 1.82) is 0 Å². The Morgan fingerprint density at radius 3 is 2.90 bits per heavy atom. The van der Waals surface area contributed by atoms with Crippen LogP contribution in [0.25, 0.3) is 11.4 Å². The third-order valence-electron chi connectivity index (χ3n) is 4.96. The summed E-state index contributed by atoms with van der Waals surface area (Å²) in [5.41, 5.74) is 3.99. The molecular weight excluding hydrogens is 364 g/mol. The molecule has 148 valence electrons. The minimum absolute atomic E-state index is 0.0198. The number of fused-ring (bicyclic) bond motifs is 6. The van der Waals surface area contributed by atoms with Gasteiger partial charge in [0.05, 0.1) is 6.04 Å².